The quantitative estimate of drug-likeness (QED) is 0.370. The third kappa shape index (κ3) is 4.91. The van der Waals surface area contributed by atoms with E-state index in [1.54, 1.807) is 68.8 Å². The minimum Gasteiger partial charge on any atom is -0.497 e. The molecule has 0 saturated carbocycles. The van der Waals surface area contributed by atoms with Crippen LogP contribution in [-0.4, -0.2) is 26.3 Å². The standard InChI is InChI=1S/C28H26N2O6/c1-16(2)34-18-7-5-17(6-8-18)28(31)35-20-10-12-22-25(14-20)36-27(30)23(15-29)26(22)21-11-9-19(32-3)13-24(21)33-4/h5-14,16,26H,30H2,1-4H3. The van der Waals surface area contributed by atoms with E-state index in [1.807, 2.05) is 19.9 Å². The zero-order valence-electron chi connectivity index (χ0n) is 20.4. The Morgan fingerprint density at radius 3 is 2.25 bits per heavy atom. The van der Waals surface area contributed by atoms with E-state index in [4.69, 9.17) is 29.4 Å². The molecule has 0 spiro atoms. The highest BCUT2D eigenvalue weighted by atomic mass is 16.5. The zero-order valence-corrected chi connectivity index (χ0v) is 20.4. The van der Waals surface area contributed by atoms with Crippen LogP contribution in [0.5, 0.6) is 28.7 Å². The number of fused-ring (bicyclic) bond motifs is 1. The summed E-state index contributed by atoms with van der Waals surface area (Å²) >= 11 is 0. The van der Waals surface area contributed by atoms with E-state index >= 15 is 0 Å². The molecule has 1 atom stereocenters. The first-order valence-electron chi connectivity index (χ1n) is 11.3. The Labute approximate surface area is 209 Å². The first kappa shape index (κ1) is 24.5. The normalized spacial score (nSPS) is 14.4. The van der Waals surface area contributed by atoms with Gasteiger partial charge in [-0.2, -0.15) is 5.26 Å². The number of hydrogen-bond acceptors (Lipinski definition) is 8. The molecule has 0 saturated heterocycles. The van der Waals surface area contributed by atoms with Crippen molar-refractivity contribution in [3.8, 4) is 34.8 Å². The van der Waals surface area contributed by atoms with E-state index in [0.717, 1.165) is 5.56 Å². The molecular weight excluding hydrogens is 460 g/mol. The number of methoxy groups -OCH3 is 2. The average molecular weight is 487 g/mol. The number of nitriles is 1. The predicted molar refractivity (Wildman–Crippen MR) is 132 cm³/mol. The van der Waals surface area contributed by atoms with Crippen molar-refractivity contribution in [3.05, 3.63) is 88.8 Å². The summed E-state index contributed by atoms with van der Waals surface area (Å²) in [4.78, 5) is 12.7. The van der Waals surface area contributed by atoms with Gasteiger partial charge in [-0.15, -0.1) is 0 Å². The molecule has 36 heavy (non-hydrogen) atoms. The Morgan fingerprint density at radius 1 is 0.944 bits per heavy atom. The molecule has 2 N–H and O–H groups in total. The summed E-state index contributed by atoms with van der Waals surface area (Å²) in [7, 11) is 3.11. The lowest BCUT2D eigenvalue weighted by molar-refractivity contribution is 0.0734. The van der Waals surface area contributed by atoms with Crippen LogP contribution in [0.3, 0.4) is 0 Å². The number of rotatable bonds is 7. The number of nitrogens with zero attached hydrogens (tertiary/aromatic N) is 1. The lowest BCUT2D eigenvalue weighted by Gasteiger charge is -2.27. The van der Waals surface area contributed by atoms with Crippen molar-refractivity contribution < 1.29 is 28.5 Å². The Kier molecular flexibility index (Phi) is 7.02. The number of allylic oxidation sites excluding steroid dienone is 1. The van der Waals surface area contributed by atoms with Crippen LogP contribution < -0.4 is 29.4 Å². The van der Waals surface area contributed by atoms with Gasteiger partial charge in [0.05, 0.1) is 31.8 Å². The SMILES string of the molecule is COc1ccc(C2C(C#N)=C(N)Oc3cc(OC(=O)c4ccc(OC(C)C)cc4)ccc32)c(OC)c1. The van der Waals surface area contributed by atoms with E-state index in [-0.39, 0.29) is 23.3 Å². The molecule has 0 radical (unpaired) electrons. The third-order valence-electron chi connectivity index (χ3n) is 5.61. The molecule has 1 aliphatic rings. The fraction of sp³-hybridized carbons (Fsp3) is 0.214. The first-order chi connectivity index (χ1) is 17.3. The van der Waals surface area contributed by atoms with E-state index in [1.165, 1.54) is 0 Å². The van der Waals surface area contributed by atoms with Crippen LogP contribution in [-0.2, 0) is 0 Å². The van der Waals surface area contributed by atoms with E-state index in [2.05, 4.69) is 6.07 Å². The zero-order chi connectivity index (χ0) is 25.8. The third-order valence-corrected chi connectivity index (χ3v) is 5.61. The van der Waals surface area contributed by atoms with Crippen molar-refractivity contribution in [1.82, 2.24) is 0 Å². The van der Waals surface area contributed by atoms with Crippen LogP contribution >= 0.6 is 0 Å². The van der Waals surface area contributed by atoms with Crippen molar-refractivity contribution in [1.29, 1.82) is 5.26 Å². The second-order valence-electron chi connectivity index (χ2n) is 8.31. The number of hydrogen-bond donors (Lipinski definition) is 1. The molecular formula is C28H26N2O6. The minimum atomic E-state index is -0.544. The fourth-order valence-electron chi connectivity index (χ4n) is 3.98. The fourth-order valence-corrected chi connectivity index (χ4v) is 3.98. The minimum absolute atomic E-state index is 0.0305. The highest BCUT2D eigenvalue weighted by Crippen LogP contribution is 2.46. The highest BCUT2D eigenvalue weighted by Gasteiger charge is 2.33. The van der Waals surface area contributed by atoms with E-state index in [9.17, 15) is 10.1 Å². The molecule has 0 amide bonds. The molecule has 0 fully saturated rings. The van der Waals surface area contributed by atoms with Gasteiger partial charge >= 0.3 is 5.97 Å². The van der Waals surface area contributed by atoms with Crippen molar-refractivity contribution >= 4 is 5.97 Å². The molecule has 0 aromatic heterocycles. The smallest absolute Gasteiger partial charge is 0.343 e. The van der Waals surface area contributed by atoms with Gasteiger partial charge in [0.15, 0.2) is 0 Å². The maximum atomic E-state index is 12.7. The molecule has 1 heterocycles. The summed E-state index contributed by atoms with van der Waals surface area (Å²) in [6.07, 6.45) is 0.0306. The van der Waals surface area contributed by atoms with Gasteiger partial charge in [0.1, 0.15) is 40.4 Å². The number of nitrogens with two attached hydrogens (primary N) is 1. The van der Waals surface area contributed by atoms with Crippen LogP contribution in [0.15, 0.2) is 72.1 Å². The molecule has 184 valence electrons. The van der Waals surface area contributed by atoms with E-state index < -0.39 is 11.9 Å². The summed E-state index contributed by atoms with van der Waals surface area (Å²) in [6.45, 7) is 3.86. The van der Waals surface area contributed by atoms with Gasteiger partial charge in [0, 0.05) is 23.3 Å². The molecule has 8 nitrogen and oxygen atoms in total. The Morgan fingerprint density at radius 2 is 1.61 bits per heavy atom. The average Bonchev–Trinajstić information content (AvgIpc) is 2.87. The molecule has 0 aliphatic carbocycles. The summed E-state index contributed by atoms with van der Waals surface area (Å²) in [6, 6.07) is 19.2. The second kappa shape index (κ2) is 10.3. The second-order valence-corrected chi connectivity index (χ2v) is 8.31. The van der Waals surface area contributed by atoms with Crippen LogP contribution in [0, 0.1) is 11.3 Å². The van der Waals surface area contributed by atoms with Crippen LogP contribution in [0.1, 0.15) is 41.3 Å². The molecule has 8 heteroatoms. The molecule has 1 unspecified atom stereocenters. The Bertz CT molecular complexity index is 1360. The Balaban J connectivity index is 1.65. The molecule has 4 rings (SSSR count). The molecule has 3 aromatic rings. The van der Waals surface area contributed by atoms with Crippen LogP contribution in [0.2, 0.25) is 0 Å². The van der Waals surface area contributed by atoms with Crippen molar-refractivity contribution in [2.45, 2.75) is 25.9 Å². The maximum Gasteiger partial charge on any atom is 0.343 e. The van der Waals surface area contributed by atoms with Gasteiger partial charge in [-0.3, -0.25) is 0 Å². The lowest BCUT2D eigenvalue weighted by atomic mass is 9.83. The lowest BCUT2D eigenvalue weighted by Crippen LogP contribution is -2.21. The summed E-state index contributed by atoms with van der Waals surface area (Å²) in [5.41, 5.74) is 8.14. The maximum absolute atomic E-state index is 12.7. The van der Waals surface area contributed by atoms with Crippen molar-refractivity contribution in [2.24, 2.45) is 5.73 Å². The molecule has 0 bridgehead atoms. The van der Waals surface area contributed by atoms with Crippen LogP contribution in [0.4, 0.5) is 0 Å². The summed E-state index contributed by atoms with van der Waals surface area (Å²) < 4.78 is 27.8. The monoisotopic (exact) mass is 486 g/mol. The van der Waals surface area contributed by atoms with Gasteiger partial charge in [-0.05, 0) is 50.2 Å². The molecule has 3 aromatic carbocycles. The predicted octanol–water partition coefficient (Wildman–Crippen LogP) is 4.93. The van der Waals surface area contributed by atoms with Gasteiger partial charge in [0.2, 0.25) is 5.88 Å². The number of carbonyl (C=O) groups excluding carboxylic acids is 1. The highest BCUT2D eigenvalue weighted by molar-refractivity contribution is 5.91. The largest absolute Gasteiger partial charge is 0.497 e. The van der Waals surface area contributed by atoms with Gasteiger partial charge < -0.3 is 29.4 Å². The summed E-state index contributed by atoms with van der Waals surface area (Å²) in [5.74, 6) is 1.36. The number of ether oxygens (including phenoxy) is 5. The number of benzene rings is 3. The van der Waals surface area contributed by atoms with Crippen molar-refractivity contribution in [2.75, 3.05) is 14.2 Å². The first-order valence-corrected chi connectivity index (χ1v) is 11.3. The molecule has 1 aliphatic heterocycles. The summed E-state index contributed by atoms with van der Waals surface area (Å²) in [5, 5.41) is 9.84. The van der Waals surface area contributed by atoms with Gasteiger partial charge in [0.25, 0.3) is 0 Å². The van der Waals surface area contributed by atoms with Crippen LogP contribution in [0.25, 0.3) is 0 Å². The van der Waals surface area contributed by atoms with Gasteiger partial charge in [-0.1, -0.05) is 12.1 Å². The topological polar surface area (TPSA) is 113 Å². The number of esters is 1. The number of carbonyl (C=O) groups is 1. The van der Waals surface area contributed by atoms with Crippen molar-refractivity contribution in [3.63, 3.8) is 0 Å². The van der Waals surface area contributed by atoms with Gasteiger partial charge in [-0.25, -0.2) is 4.79 Å². The van der Waals surface area contributed by atoms with E-state index in [0.29, 0.717) is 34.1 Å². The Hall–Kier alpha value is -4.64.